The van der Waals surface area contributed by atoms with E-state index < -0.39 is 0 Å². The van der Waals surface area contributed by atoms with E-state index in [1.54, 1.807) is 10.7 Å². The zero-order valence-electron chi connectivity index (χ0n) is 11.5. The number of benzene rings is 1. The maximum absolute atomic E-state index is 13.5. The largest absolute Gasteiger partial charge is 0.399 e. The molecule has 1 aliphatic carbocycles. The number of anilines is 1. The molecule has 6 heteroatoms. The molecule has 0 bridgehead atoms. The first-order valence-corrected chi connectivity index (χ1v) is 6.94. The summed E-state index contributed by atoms with van der Waals surface area (Å²) in [7, 11) is 0. The second-order valence-corrected chi connectivity index (χ2v) is 5.68. The van der Waals surface area contributed by atoms with Gasteiger partial charge in [0.2, 0.25) is 0 Å². The smallest absolute Gasteiger partial charge is 0.182 e. The number of hydrogen-bond acceptors (Lipinski definition) is 4. The molecule has 1 aromatic carbocycles. The topological polar surface area (TPSA) is 69.6 Å². The van der Waals surface area contributed by atoms with Gasteiger partial charge in [0.1, 0.15) is 5.82 Å². The van der Waals surface area contributed by atoms with Gasteiger partial charge in [0.05, 0.1) is 6.54 Å². The third kappa shape index (κ3) is 2.50. The molecule has 20 heavy (non-hydrogen) atoms. The number of tetrazole rings is 1. The predicted octanol–water partition coefficient (Wildman–Crippen LogP) is 2.64. The molecule has 0 saturated heterocycles. The van der Waals surface area contributed by atoms with Crippen LogP contribution >= 0.6 is 0 Å². The fraction of sp³-hybridized carbons (Fsp3) is 0.500. The monoisotopic (exact) mass is 275 g/mol. The number of nitrogens with zero attached hydrogens (tertiary/aromatic N) is 4. The van der Waals surface area contributed by atoms with E-state index >= 15 is 0 Å². The molecule has 2 aromatic rings. The third-order valence-electron chi connectivity index (χ3n) is 3.93. The summed E-state index contributed by atoms with van der Waals surface area (Å²) in [5.74, 6) is 0.211. The average Bonchev–Trinajstić information content (AvgIpc) is 2.97. The zero-order chi connectivity index (χ0) is 14.2. The third-order valence-corrected chi connectivity index (χ3v) is 3.93. The van der Waals surface area contributed by atoms with Crippen molar-refractivity contribution in [1.29, 1.82) is 0 Å². The van der Waals surface area contributed by atoms with Gasteiger partial charge in [-0.2, -0.15) is 0 Å². The summed E-state index contributed by atoms with van der Waals surface area (Å²) in [5.41, 5.74) is 7.02. The highest BCUT2D eigenvalue weighted by Gasteiger charge is 2.42. The van der Waals surface area contributed by atoms with E-state index in [2.05, 4.69) is 22.4 Å². The van der Waals surface area contributed by atoms with Crippen molar-refractivity contribution in [3.05, 3.63) is 24.0 Å². The van der Waals surface area contributed by atoms with Crippen LogP contribution in [0.2, 0.25) is 0 Å². The first kappa shape index (κ1) is 13.0. The van der Waals surface area contributed by atoms with E-state index in [1.807, 2.05) is 0 Å². The second-order valence-electron chi connectivity index (χ2n) is 5.68. The normalized spacial score (nSPS) is 16.3. The lowest BCUT2D eigenvalue weighted by Crippen LogP contribution is -2.14. The number of nitrogens with two attached hydrogens (primary N) is 1. The summed E-state index contributed by atoms with van der Waals surface area (Å²) in [6.07, 6.45) is 4.76. The van der Waals surface area contributed by atoms with Crippen LogP contribution in [0, 0.1) is 11.2 Å². The van der Waals surface area contributed by atoms with Gasteiger partial charge < -0.3 is 5.73 Å². The van der Waals surface area contributed by atoms with Crippen LogP contribution in [0.25, 0.3) is 11.4 Å². The van der Waals surface area contributed by atoms with Crippen LogP contribution in [0.15, 0.2) is 18.2 Å². The summed E-state index contributed by atoms with van der Waals surface area (Å²) >= 11 is 0. The SMILES string of the molecule is CCCC1(Cn2nnnc2-c2cc(N)cc(F)c2)CC1. The van der Waals surface area contributed by atoms with Gasteiger partial charge in [-0.05, 0) is 53.3 Å². The summed E-state index contributed by atoms with van der Waals surface area (Å²) < 4.78 is 15.2. The molecule has 0 aliphatic heterocycles. The lowest BCUT2D eigenvalue weighted by atomic mass is 10.0. The van der Waals surface area contributed by atoms with Crippen LogP contribution in [0.3, 0.4) is 0 Å². The van der Waals surface area contributed by atoms with Gasteiger partial charge in [-0.3, -0.25) is 0 Å². The standard InChI is InChI=1S/C14H18FN5/c1-2-3-14(4-5-14)9-20-13(17-18-19-20)10-6-11(15)8-12(16)7-10/h6-8H,2-5,9,16H2,1H3. The Hall–Kier alpha value is -1.98. The predicted molar refractivity (Wildman–Crippen MR) is 74.2 cm³/mol. The van der Waals surface area contributed by atoms with E-state index in [-0.39, 0.29) is 5.82 Å². The number of rotatable bonds is 5. The Morgan fingerprint density at radius 3 is 2.80 bits per heavy atom. The van der Waals surface area contributed by atoms with E-state index in [1.165, 1.54) is 31.4 Å². The van der Waals surface area contributed by atoms with Gasteiger partial charge in [-0.15, -0.1) is 5.10 Å². The molecule has 106 valence electrons. The van der Waals surface area contributed by atoms with Crippen LogP contribution in [-0.4, -0.2) is 20.2 Å². The van der Waals surface area contributed by atoms with E-state index in [9.17, 15) is 4.39 Å². The number of hydrogen-bond donors (Lipinski definition) is 1. The van der Waals surface area contributed by atoms with Gasteiger partial charge in [-0.25, -0.2) is 9.07 Å². The van der Waals surface area contributed by atoms with Crippen LogP contribution in [0.4, 0.5) is 10.1 Å². The Kier molecular flexibility index (Phi) is 3.16. The van der Waals surface area contributed by atoms with E-state index in [4.69, 9.17) is 5.73 Å². The Balaban J connectivity index is 1.90. The van der Waals surface area contributed by atoms with Crippen LogP contribution in [-0.2, 0) is 6.54 Å². The maximum atomic E-state index is 13.5. The van der Waals surface area contributed by atoms with Crippen molar-refractivity contribution in [2.45, 2.75) is 39.2 Å². The molecule has 1 aromatic heterocycles. The summed E-state index contributed by atoms with van der Waals surface area (Å²) in [6, 6.07) is 4.40. The fourth-order valence-electron chi connectivity index (χ4n) is 2.77. The van der Waals surface area contributed by atoms with Crippen molar-refractivity contribution in [2.75, 3.05) is 5.73 Å². The molecule has 5 nitrogen and oxygen atoms in total. The molecule has 0 unspecified atom stereocenters. The van der Waals surface area contributed by atoms with Crippen molar-refractivity contribution in [2.24, 2.45) is 5.41 Å². The minimum Gasteiger partial charge on any atom is -0.399 e. The summed E-state index contributed by atoms with van der Waals surface area (Å²) in [6.45, 7) is 2.98. The molecule has 1 saturated carbocycles. The molecule has 1 aliphatic rings. The highest BCUT2D eigenvalue weighted by Crippen LogP contribution is 2.51. The highest BCUT2D eigenvalue weighted by atomic mass is 19.1. The van der Waals surface area contributed by atoms with Crippen LogP contribution < -0.4 is 5.73 Å². The maximum Gasteiger partial charge on any atom is 0.182 e. The zero-order valence-corrected chi connectivity index (χ0v) is 11.5. The van der Waals surface area contributed by atoms with Crippen LogP contribution in [0.5, 0.6) is 0 Å². The minimum absolute atomic E-state index is 0.331. The highest BCUT2D eigenvalue weighted by molar-refractivity contribution is 5.61. The van der Waals surface area contributed by atoms with Gasteiger partial charge >= 0.3 is 0 Å². The molecular formula is C14H18FN5. The second kappa shape index (κ2) is 4.85. The number of aromatic nitrogens is 4. The summed E-state index contributed by atoms with van der Waals surface area (Å²) in [5, 5.41) is 11.8. The first-order chi connectivity index (χ1) is 9.62. The lowest BCUT2D eigenvalue weighted by molar-refractivity contribution is 0.365. The molecule has 0 amide bonds. The summed E-state index contributed by atoms with van der Waals surface area (Å²) in [4.78, 5) is 0. The van der Waals surface area contributed by atoms with Gasteiger partial charge in [0, 0.05) is 11.3 Å². The quantitative estimate of drug-likeness (QED) is 0.852. The molecular weight excluding hydrogens is 257 g/mol. The fourth-order valence-corrected chi connectivity index (χ4v) is 2.77. The average molecular weight is 275 g/mol. The Bertz CT molecular complexity index is 598. The molecule has 3 rings (SSSR count). The van der Waals surface area contributed by atoms with Crippen molar-refractivity contribution >= 4 is 5.69 Å². The molecule has 0 radical (unpaired) electrons. The molecule has 0 atom stereocenters. The van der Waals surface area contributed by atoms with Crippen molar-refractivity contribution in [3.8, 4) is 11.4 Å². The van der Waals surface area contributed by atoms with E-state index in [0.717, 1.165) is 13.0 Å². The molecule has 2 N–H and O–H groups in total. The van der Waals surface area contributed by atoms with Crippen LogP contribution in [0.1, 0.15) is 32.6 Å². The van der Waals surface area contributed by atoms with E-state index in [0.29, 0.717) is 22.5 Å². The van der Waals surface area contributed by atoms with Crippen molar-refractivity contribution in [3.63, 3.8) is 0 Å². The number of nitrogen functional groups attached to an aromatic ring is 1. The van der Waals surface area contributed by atoms with Gasteiger partial charge in [-0.1, -0.05) is 13.3 Å². The Morgan fingerprint density at radius 2 is 2.15 bits per heavy atom. The van der Waals surface area contributed by atoms with Gasteiger partial charge in [0.15, 0.2) is 5.82 Å². The lowest BCUT2D eigenvalue weighted by Gasteiger charge is -2.14. The molecule has 1 fully saturated rings. The minimum atomic E-state index is -0.371. The van der Waals surface area contributed by atoms with Crippen molar-refractivity contribution < 1.29 is 4.39 Å². The molecule has 1 heterocycles. The van der Waals surface area contributed by atoms with Gasteiger partial charge in [0.25, 0.3) is 0 Å². The number of halogens is 1. The molecule has 0 spiro atoms. The van der Waals surface area contributed by atoms with Crippen molar-refractivity contribution in [1.82, 2.24) is 20.2 Å². The Labute approximate surface area is 117 Å². The first-order valence-electron chi connectivity index (χ1n) is 6.94. The Morgan fingerprint density at radius 1 is 1.35 bits per heavy atom.